The van der Waals surface area contributed by atoms with E-state index in [9.17, 15) is 4.39 Å². The predicted molar refractivity (Wildman–Crippen MR) is 94.2 cm³/mol. The summed E-state index contributed by atoms with van der Waals surface area (Å²) in [5.41, 5.74) is 0.968. The van der Waals surface area contributed by atoms with Crippen LogP contribution in [0.25, 0.3) is 5.57 Å². The molecular formula is C16H13Cl3FN3. The molecule has 3 nitrogen and oxygen atoms in total. The summed E-state index contributed by atoms with van der Waals surface area (Å²) in [6, 6.07) is 4.36. The number of aromatic nitrogens is 2. The summed E-state index contributed by atoms with van der Waals surface area (Å²) in [4.78, 5) is 12.4. The van der Waals surface area contributed by atoms with Gasteiger partial charge in [0.05, 0.1) is 10.7 Å². The average molecular weight is 373 g/mol. The van der Waals surface area contributed by atoms with Crippen LogP contribution in [-0.4, -0.2) is 15.1 Å². The molecule has 0 N–H and O–H groups in total. The maximum Gasteiger partial charge on any atom is 0.175 e. The van der Waals surface area contributed by atoms with Crippen molar-refractivity contribution in [1.82, 2.24) is 9.97 Å². The molecule has 1 aliphatic heterocycles. The van der Waals surface area contributed by atoms with Crippen molar-refractivity contribution in [3.63, 3.8) is 0 Å². The van der Waals surface area contributed by atoms with Gasteiger partial charge in [0.15, 0.2) is 5.82 Å². The topological polar surface area (TPSA) is 38.1 Å². The van der Waals surface area contributed by atoms with Gasteiger partial charge in [0.1, 0.15) is 11.0 Å². The predicted octanol–water partition coefficient (Wildman–Crippen LogP) is 5.77. The Morgan fingerprint density at radius 1 is 1.04 bits per heavy atom. The van der Waals surface area contributed by atoms with Gasteiger partial charge in [-0.2, -0.15) is 0 Å². The van der Waals surface area contributed by atoms with Crippen molar-refractivity contribution < 1.29 is 4.39 Å². The van der Waals surface area contributed by atoms with Crippen molar-refractivity contribution >= 4 is 51.4 Å². The number of halogens is 4. The molecule has 3 rings (SSSR count). The number of hydrogen-bond donors (Lipinski definition) is 0. The Morgan fingerprint density at radius 3 is 2.43 bits per heavy atom. The van der Waals surface area contributed by atoms with Crippen LogP contribution in [-0.2, 0) is 6.42 Å². The summed E-state index contributed by atoms with van der Waals surface area (Å²) in [6.45, 7) is 4.00. The average Bonchev–Trinajstić information content (AvgIpc) is 2.66. The second-order valence-electron chi connectivity index (χ2n) is 4.28. The number of aliphatic imine (C=N–C) groups is 1. The molecule has 0 spiro atoms. The molecule has 1 aromatic heterocycles. The van der Waals surface area contributed by atoms with Crippen molar-refractivity contribution in [2.24, 2.45) is 4.99 Å². The van der Waals surface area contributed by atoms with E-state index in [0.29, 0.717) is 16.5 Å². The minimum absolute atomic E-state index is 0.0336. The van der Waals surface area contributed by atoms with Gasteiger partial charge in [-0.15, -0.1) is 0 Å². The Labute approximate surface area is 148 Å². The van der Waals surface area contributed by atoms with Crippen LogP contribution in [0, 0.1) is 5.82 Å². The van der Waals surface area contributed by atoms with E-state index >= 15 is 0 Å². The number of nitrogens with zero attached hydrogens (tertiary/aromatic N) is 3. The van der Waals surface area contributed by atoms with Gasteiger partial charge >= 0.3 is 0 Å². The second kappa shape index (κ2) is 7.86. The normalized spacial score (nSPS) is 13.6. The highest BCUT2D eigenvalue weighted by Crippen LogP contribution is 2.37. The molecule has 0 fully saturated rings. The largest absolute Gasteiger partial charge is 0.255 e. The van der Waals surface area contributed by atoms with E-state index in [0.717, 1.165) is 0 Å². The standard InChI is InChI=1S/C14H7Cl3FN3.C2H6/c15-7-2-1-3-9(18)11(7)12-8(16)6-10-14(21-13(12)17)20-5-4-19-10;1-2/h1-5H,6H2;1-2H3. The molecule has 0 bridgehead atoms. The Bertz CT molecular complexity index is 768. The third-order valence-corrected chi connectivity index (χ3v) is 3.88. The van der Waals surface area contributed by atoms with Crippen LogP contribution in [0.1, 0.15) is 25.1 Å². The third kappa shape index (κ3) is 3.71. The van der Waals surface area contributed by atoms with Crippen molar-refractivity contribution in [3.05, 3.63) is 57.7 Å². The lowest BCUT2D eigenvalue weighted by Gasteiger charge is -2.10. The van der Waals surface area contributed by atoms with Crippen LogP contribution in [0.3, 0.4) is 0 Å². The summed E-state index contributed by atoms with van der Waals surface area (Å²) in [6.07, 6.45) is 3.29. The molecule has 0 amide bonds. The van der Waals surface area contributed by atoms with E-state index in [4.69, 9.17) is 34.8 Å². The molecule has 0 atom stereocenters. The summed E-state index contributed by atoms with van der Waals surface area (Å²) in [7, 11) is 0. The van der Waals surface area contributed by atoms with E-state index < -0.39 is 5.82 Å². The molecule has 0 radical (unpaired) electrons. The first-order chi connectivity index (χ1) is 11.1. The quantitative estimate of drug-likeness (QED) is 0.637. The van der Waals surface area contributed by atoms with Crippen molar-refractivity contribution in [3.8, 4) is 0 Å². The zero-order valence-corrected chi connectivity index (χ0v) is 14.7. The van der Waals surface area contributed by atoms with Gasteiger partial charge in [0.25, 0.3) is 0 Å². The number of allylic oxidation sites excluding steroid dienone is 2. The third-order valence-electron chi connectivity index (χ3n) is 2.97. The highest BCUT2D eigenvalue weighted by Gasteiger charge is 2.24. The van der Waals surface area contributed by atoms with Crippen molar-refractivity contribution in [1.29, 1.82) is 0 Å². The molecular weight excluding hydrogens is 360 g/mol. The Kier molecular flexibility index (Phi) is 6.10. The lowest BCUT2D eigenvalue weighted by Crippen LogP contribution is -2.00. The van der Waals surface area contributed by atoms with E-state index in [2.05, 4.69) is 15.0 Å². The summed E-state index contributed by atoms with van der Waals surface area (Å²) < 4.78 is 14.1. The van der Waals surface area contributed by atoms with E-state index in [1.807, 2.05) is 13.8 Å². The molecule has 0 aliphatic carbocycles. The van der Waals surface area contributed by atoms with Crippen LogP contribution in [0.2, 0.25) is 5.02 Å². The smallest absolute Gasteiger partial charge is 0.175 e. The van der Waals surface area contributed by atoms with Crippen molar-refractivity contribution in [2.75, 3.05) is 0 Å². The zero-order chi connectivity index (χ0) is 17.0. The van der Waals surface area contributed by atoms with Crippen LogP contribution in [0.15, 0.2) is 40.6 Å². The van der Waals surface area contributed by atoms with Crippen LogP contribution < -0.4 is 0 Å². The zero-order valence-electron chi connectivity index (χ0n) is 12.4. The van der Waals surface area contributed by atoms with Gasteiger partial charge in [-0.3, -0.25) is 4.98 Å². The number of rotatable bonds is 1. The molecule has 2 aromatic rings. The van der Waals surface area contributed by atoms with Crippen molar-refractivity contribution in [2.45, 2.75) is 20.3 Å². The summed E-state index contributed by atoms with van der Waals surface area (Å²) >= 11 is 18.6. The fourth-order valence-corrected chi connectivity index (χ4v) is 2.95. The Morgan fingerprint density at radius 2 is 1.74 bits per heavy atom. The monoisotopic (exact) mass is 371 g/mol. The SMILES string of the molecule is CC.Fc1cccc(Cl)c1C1=C(Cl)Cc2nccnc2N=C1Cl. The molecule has 0 saturated heterocycles. The fraction of sp³-hybridized carbons (Fsp3) is 0.188. The Balaban J connectivity index is 0.000000924. The van der Waals surface area contributed by atoms with Crippen LogP contribution >= 0.6 is 34.8 Å². The molecule has 120 valence electrons. The van der Waals surface area contributed by atoms with Gasteiger partial charge in [-0.25, -0.2) is 14.4 Å². The van der Waals surface area contributed by atoms with Gasteiger partial charge in [-0.05, 0) is 12.1 Å². The van der Waals surface area contributed by atoms with Gasteiger partial charge in [-0.1, -0.05) is 54.7 Å². The Hall–Kier alpha value is -1.49. The van der Waals surface area contributed by atoms with Crippen LogP contribution in [0.4, 0.5) is 10.2 Å². The maximum atomic E-state index is 14.1. The highest BCUT2D eigenvalue weighted by molar-refractivity contribution is 6.77. The fourth-order valence-electron chi connectivity index (χ4n) is 2.05. The molecule has 0 unspecified atom stereocenters. The molecule has 0 saturated carbocycles. The molecule has 2 heterocycles. The molecule has 7 heteroatoms. The number of hydrogen-bond acceptors (Lipinski definition) is 3. The highest BCUT2D eigenvalue weighted by atomic mass is 35.5. The molecule has 1 aliphatic rings. The minimum Gasteiger partial charge on any atom is -0.255 e. The summed E-state index contributed by atoms with van der Waals surface area (Å²) in [5.74, 6) is -0.154. The lowest BCUT2D eigenvalue weighted by atomic mass is 10.0. The van der Waals surface area contributed by atoms with E-state index in [1.54, 1.807) is 6.07 Å². The van der Waals surface area contributed by atoms with Gasteiger partial charge in [0, 0.05) is 35.0 Å². The summed E-state index contributed by atoms with van der Waals surface area (Å²) in [5, 5.41) is 0.560. The second-order valence-corrected chi connectivity index (χ2v) is 5.50. The van der Waals surface area contributed by atoms with Gasteiger partial charge < -0.3 is 0 Å². The lowest BCUT2D eigenvalue weighted by molar-refractivity contribution is 0.624. The first-order valence-electron chi connectivity index (χ1n) is 6.95. The van der Waals surface area contributed by atoms with E-state index in [-0.39, 0.29) is 27.8 Å². The van der Waals surface area contributed by atoms with Crippen LogP contribution in [0.5, 0.6) is 0 Å². The maximum absolute atomic E-state index is 14.1. The number of fused-ring (bicyclic) bond motifs is 1. The van der Waals surface area contributed by atoms with Gasteiger partial charge in [0.2, 0.25) is 0 Å². The van der Waals surface area contributed by atoms with E-state index in [1.165, 1.54) is 24.5 Å². The first-order valence-corrected chi connectivity index (χ1v) is 8.09. The molecule has 1 aromatic carbocycles. The number of benzene rings is 1. The first kappa shape index (κ1) is 17.9. The molecule has 23 heavy (non-hydrogen) atoms. The minimum atomic E-state index is -0.518.